The lowest BCUT2D eigenvalue weighted by Gasteiger charge is -2.17. The van der Waals surface area contributed by atoms with Gasteiger partial charge in [-0.05, 0) is 6.07 Å². The van der Waals surface area contributed by atoms with E-state index in [9.17, 15) is 9.59 Å². The van der Waals surface area contributed by atoms with Crippen molar-refractivity contribution in [1.29, 1.82) is 0 Å². The van der Waals surface area contributed by atoms with E-state index in [0.29, 0.717) is 0 Å². The van der Waals surface area contributed by atoms with Crippen LogP contribution < -0.4 is 11.4 Å². The molecular weight excluding hydrogens is 234 g/mol. The third-order valence-electron chi connectivity index (χ3n) is 1.71. The van der Waals surface area contributed by atoms with Gasteiger partial charge in [0.15, 0.2) is 6.23 Å². The summed E-state index contributed by atoms with van der Waals surface area (Å²) in [5.74, 6) is -0.688. The Labute approximate surface area is 96.3 Å². The second kappa shape index (κ2) is 5.52. The number of aromatic nitrogens is 2. The maximum atomic E-state index is 11.4. The summed E-state index contributed by atoms with van der Waals surface area (Å²) in [7, 11) is 0. The van der Waals surface area contributed by atoms with E-state index < -0.39 is 24.5 Å². The van der Waals surface area contributed by atoms with E-state index in [4.69, 9.17) is 15.6 Å². The minimum absolute atomic E-state index is 0.0765. The van der Waals surface area contributed by atoms with Crippen molar-refractivity contribution in [2.24, 2.45) is 0 Å². The number of nitrogen functional groups attached to an aromatic ring is 1. The number of anilines is 1. The number of aliphatic hydroxyl groups excluding tert-OH is 1. The van der Waals surface area contributed by atoms with Crippen LogP contribution in [0.3, 0.4) is 0 Å². The molecule has 8 heteroatoms. The Morgan fingerprint density at radius 2 is 2.44 bits per heavy atom. The predicted molar refractivity (Wildman–Crippen MR) is 59.0 cm³/mol. The number of nitrogens with two attached hydrogens (primary N) is 1. The summed E-state index contributed by atoms with van der Waals surface area (Å²) in [5, 5.41) is 8.52. The lowest BCUT2D eigenvalue weighted by Crippen LogP contribution is -2.31. The highest BCUT2D eigenvalue weighted by molar-refractivity contribution is 7.80. The number of carbonyl (C=O) groups is 1. The van der Waals surface area contributed by atoms with E-state index >= 15 is 0 Å². The van der Waals surface area contributed by atoms with E-state index in [1.54, 1.807) is 0 Å². The predicted octanol–water partition coefficient (Wildman–Crippen LogP) is -1.21. The topological polar surface area (TPSA) is 107 Å². The first kappa shape index (κ1) is 12.5. The van der Waals surface area contributed by atoms with Crippen LogP contribution >= 0.6 is 12.6 Å². The first-order chi connectivity index (χ1) is 7.58. The molecule has 1 aromatic rings. The average molecular weight is 245 g/mol. The van der Waals surface area contributed by atoms with E-state index in [1.807, 2.05) is 0 Å². The van der Waals surface area contributed by atoms with Gasteiger partial charge in [0, 0.05) is 11.9 Å². The zero-order valence-electron chi connectivity index (χ0n) is 8.24. The van der Waals surface area contributed by atoms with Crippen molar-refractivity contribution >= 4 is 24.4 Å². The molecule has 16 heavy (non-hydrogen) atoms. The Balaban J connectivity index is 2.95. The second-order valence-electron chi connectivity index (χ2n) is 2.83. The molecular formula is C8H11N3O4S. The molecule has 1 heterocycles. The van der Waals surface area contributed by atoms with Crippen LogP contribution in [0.4, 0.5) is 5.82 Å². The van der Waals surface area contributed by atoms with Crippen molar-refractivity contribution in [2.75, 3.05) is 18.1 Å². The number of nitrogens with zero attached hydrogens (tertiary/aromatic N) is 2. The molecule has 0 bridgehead atoms. The van der Waals surface area contributed by atoms with Gasteiger partial charge in [-0.25, -0.2) is 9.59 Å². The standard InChI is InChI=1S/C8H11N3O4S/c9-5-1-2-11(8(14)10-5)6(4-16)15-7(13)3-12/h1-2,6,12,16H,3-4H2,(H2,9,10,14)/t6-/m0/s1. The first-order valence-corrected chi connectivity index (χ1v) is 4.97. The van der Waals surface area contributed by atoms with Gasteiger partial charge < -0.3 is 15.6 Å². The van der Waals surface area contributed by atoms with Gasteiger partial charge in [-0.1, -0.05) is 0 Å². The van der Waals surface area contributed by atoms with Gasteiger partial charge in [0.2, 0.25) is 0 Å². The molecule has 0 aromatic carbocycles. The third-order valence-corrected chi connectivity index (χ3v) is 2.03. The fraction of sp³-hybridized carbons (Fsp3) is 0.375. The molecule has 1 aromatic heterocycles. The zero-order valence-corrected chi connectivity index (χ0v) is 9.13. The van der Waals surface area contributed by atoms with Crippen molar-refractivity contribution in [3.8, 4) is 0 Å². The SMILES string of the molecule is Nc1ccn([C@H](CS)OC(=O)CO)c(=O)n1. The third kappa shape index (κ3) is 2.97. The van der Waals surface area contributed by atoms with E-state index in [2.05, 4.69) is 17.6 Å². The molecule has 3 N–H and O–H groups in total. The smallest absolute Gasteiger partial charge is 0.352 e. The van der Waals surface area contributed by atoms with Crippen molar-refractivity contribution in [2.45, 2.75) is 6.23 Å². The van der Waals surface area contributed by atoms with Crippen molar-refractivity contribution in [3.05, 3.63) is 22.7 Å². The fourth-order valence-corrected chi connectivity index (χ4v) is 1.27. The Morgan fingerprint density at radius 3 is 2.94 bits per heavy atom. The van der Waals surface area contributed by atoms with Crippen molar-refractivity contribution in [3.63, 3.8) is 0 Å². The molecule has 0 saturated heterocycles. The lowest BCUT2D eigenvalue weighted by molar-refractivity contribution is -0.155. The van der Waals surface area contributed by atoms with Gasteiger partial charge in [-0.3, -0.25) is 4.57 Å². The van der Waals surface area contributed by atoms with Crippen LogP contribution in [0.15, 0.2) is 17.1 Å². The molecule has 1 rings (SSSR count). The first-order valence-electron chi connectivity index (χ1n) is 4.34. The highest BCUT2D eigenvalue weighted by atomic mass is 32.1. The van der Waals surface area contributed by atoms with Crippen LogP contribution in [0.25, 0.3) is 0 Å². The monoisotopic (exact) mass is 245 g/mol. The maximum absolute atomic E-state index is 11.4. The minimum Gasteiger partial charge on any atom is -0.438 e. The average Bonchev–Trinajstić information content (AvgIpc) is 2.26. The van der Waals surface area contributed by atoms with Crippen LogP contribution in [-0.2, 0) is 9.53 Å². The number of rotatable bonds is 4. The number of esters is 1. The molecule has 88 valence electrons. The number of ether oxygens (including phenoxy) is 1. The molecule has 0 radical (unpaired) electrons. The molecule has 0 unspecified atom stereocenters. The van der Waals surface area contributed by atoms with E-state index in [-0.39, 0.29) is 11.6 Å². The number of hydrogen-bond donors (Lipinski definition) is 3. The van der Waals surface area contributed by atoms with Gasteiger partial charge >= 0.3 is 11.7 Å². The molecule has 0 spiro atoms. The quantitative estimate of drug-likeness (QED) is 0.454. The van der Waals surface area contributed by atoms with Crippen molar-refractivity contribution < 1.29 is 14.6 Å². The second-order valence-corrected chi connectivity index (χ2v) is 3.19. The van der Waals surface area contributed by atoms with Gasteiger partial charge in [-0.2, -0.15) is 17.6 Å². The van der Waals surface area contributed by atoms with E-state index in [1.165, 1.54) is 12.3 Å². The molecule has 0 amide bonds. The van der Waals surface area contributed by atoms with Crippen molar-refractivity contribution in [1.82, 2.24) is 9.55 Å². The molecule has 0 aliphatic carbocycles. The summed E-state index contributed by atoms with van der Waals surface area (Å²) < 4.78 is 5.84. The van der Waals surface area contributed by atoms with Crippen LogP contribution in [0.1, 0.15) is 6.23 Å². The molecule has 1 atom stereocenters. The van der Waals surface area contributed by atoms with E-state index in [0.717, 1.165) is 4.57 Å². The summed E-state index contributed by atoms with van der Waals surface area (Å²) in [6.07, 6.45) is 0.430. The molecule has 0 aliphatic heterocycles. The number of hydrogen-bond acceptors (Lipinski definition) is 7. The molecule has 7 nitrogen and oxygen atoms in total. The Morgan fingerprint density at radius 1 is 1.75 bits per heavy atom. The number of thiol groups is 1. The van der Waals surface area contributed by atoms with Gasteiger partial charge in [-0.15, -0.1) is 0 Å². The number of carbonyl (C=O) groups excluding carboxylic acids is 1. The summed E-state index contributed by atoms with van der Waals surface area (Å²) in [6.45, 7) is -0.762. The largest absolute Gasteiger partial charge is 0.438 e. The number of aliphatic hydroxyl groups is 1. The van der Waals surface area contributed by atoms with Crippen LogP contribution in [0.2, 0.25) is 0 Å². The summed E-state index contributed by atoms with van der Waals surface area (Å²) in [5.41, 5.74) is 4.66. The van der Waals surface area contributed by atoms with Gasteiger partial charge in [0.05, 0.1) is 0 Å². The Hall–Kier alpha value is -1.54. The fourth-order valence-electron chi connectivity index (χ4n) is 1.02. The van der Waals surface area contributed by atoms with Gasteiger partial charge in [0.25, 0.3) is 0 Å². The zero-order chi connectivity index (χ0) is 12.1. The Bertz CT molecular complexity index is 434. The van der Waals surface area contributed by atoms with Crippen LogP contribution in [0, 0.1) is 0 Å². The molecule has 0 saturated carbocycles. The summed E-state index contributed by atoms with van der Waals surface area (Å²) in [6, 6.07) is 1.39. The van der Waals surface area contributed by atoms with Crippen LogP contribution in [-0.4, -0.2) is 33.0 Å². The van der Waals surface area contributed by atoms with Gasteiger partial charge in [0.1, 0.15) is 12.4 Å². The Kier molecular flexibility index (Phi) is 4.32. The molecule has 0 aliphatic rings. The summed E-state index contributed by atoms with van der Waals surface area (Å²) >= 11 is 3.94. The maximum Gasteiger partial charge on any atom is 0.352 e. The lowest BCUT2D eigenvalue weighted by atomic mass is 10.5. The van der Waals surface area contributed by atoms with Crippen LogP contribution in [0.5, 0.6) is 0 Å². The highest BCUT2D eigenvalue weighted by Crippen LogP contribution is 2.08. The normalized spacial score (nSPS) is 12.1. The summed E-state index contributed by atoms with van der Waals surface area (Å²) in [4.78, 5) is 25.7. The molecule has 0 fully saturated rings. The highest BCUT2D eigenvalue weighted by Gasteiger charge is 2.15. The minimum atomic E-state index is -0.913.